The smallest absolute Gasteiger partial charge is 0.327 e. The summed E-state index contributed by atoms with van der Waals surface area (Å²) in [5.74, 6) is -26.5. The van der Waals surface area contributed by atoms with E-state index in [0.717, 1.165) is 13.8 Å². The van der Waals surface area contributed by atoms with Gasteiger partial charge in [0.15, 0.2) is 0 Å². The van der Waals surface area contributed by atoms with Gasteiger partial charge in [0, 0.05) is 35.9 Å². The lowest BCUT2D eigenvalue weighted by Crippen LogP contribution is -2.62. The highest BCUT2D eigenvalue weighted by Gasteiger charge is 2.39. The van der Waals surface area contributed by atoms with Gasteiger partial charge >= 0.3 is 23.9 Å². The Kier molecular flexibility index (Phi) is 44.3. The molecular weight excluding hydrogens is 1470 g/mol. The number of thiol groups is 4. The quantitative estimate of drug-likeness (QED) is 0.0252. The van der Waals surface area contributed by atoms with Gasteiger partial charge < -0.3 is 117 Å². The maximum absolute atomic E-state index is 14.2. The van der Waals surface area contributed by atoms with Gasteiger partial charge in [0.2, 0.25) is 88.6 Å². The van der Waals surface area contributed by atoms with E-state index in [1.54, 1.807) is 20.8 Å². The van der Waals surface area contributed by atoms with Crippen molar-refractivity contribution in [3.63, 3.8) is 0 Å². The molecule has 0 spiro atoms. The molecule has 0 aromatic rings. The predicted molar refractivity (Wildman–Crippen MR) is 382 cm³/mol. The second-order valence-electron chi connectivity index (χ2n) is 25.0. The number of hydrogen-bond donors (Lipinski definition) is 26. The Morgan fingerprint density at radius 1 is 0.371 bits per heavy atom. The zero-order valence-electron chi connectivity index (χ0n) is 59.0. The predicted octanol–water partition coefficient (Wildman–Crippen LogP) is -8.85. The zero-order valence-corrected chi connectivity index (χ0v) is 62.6. The summed E-state index contributed by atoms with van der Waals surface area (Å²) in [6.45, 7) is 12.0. The maximum atomic E-state index is 14.2. The van der Waals surface area contributed by atoms with Crippen LogP contribution < -0.4 is 85.9 Å². The summed E-state index contributed by atoms with van der Waals surface area (Å²) >= 11 is 16.2. The van der Waals surface area contributed by atoms with Gasteiger partial charge in [-0.05, 0) is 57.8 Å². The highest BCUT2D eigenvalue weighted by Crippen LogP contribution is 2.14. The summed E-state index contributed by atoms with van der Waals surface area (Å²) in [7, 11) is 0. The summed E-state index contributed by atoms with van der Waals surface area (Å²) in [5.41, 5.74) is 11.1. The van der Waals surface area contributed by atoms with Gasteiger partial charge in [0.25, 0.3) is 0 Å². The number of rotatable bonds is 50. The largest absolute Gasteiger partial charge is 0.481 e. The van der Waals surface area contributed by atoms with Crippen molar-refractivity contribution < 1.29 is 122 Å². The van der Waals surface area contributed by atoms with E-state index in [4.69, 9.17) is 16.6 Å². The summed E-state index contributed by atoms with van der Waals surface area (Å²) in [6.07, 6.45) is -7.98. The maximum Gasteiger partial charge on any atom is 0.327 e. The van der Waals surface area contributed by atoms with Crippen LogP contribution in [0.1, 0.15) is 114 Å². The number of amides is 15. The molecule has 0 aromatic heterocycles. The van der Waals surface area contributed by atoms with E-state index in [-0.39, 0.29) is 18.6 Å². The van der Waals surface area contributed by atoms with Crippen molar-refractivity contribution in [1.29, 1.82) is 0 Å². The number of aliphatic carboxylic acids is 4. The van der Waals surface area contributed by atoms with Crippen LogP contribution in [-0.4, -0.2) is 269 Å². The van der Waals surface area contributed by atoms with E-state index in [2.05, 4.69) is 120 Å². The topological polar surface area (TPSA) is 666 Å². The van der Waals surface area contributed by atoms with Crippen LogP contribution in [0.25, 0.3) is 0 Å². The van der Waals surface area contributed by atoms with Crippen LogP contribution in [0.5, 0.6) is 0 Å². The summed E-state index contributed by atoms with van der Waals surface area (Å²) < 4.78 is 0. The van der Waals surface area contributed by atoms with Crippen molar-refractivity contribution in [1.82, 2.24) is 74.4 Å². The summed E-state index contributed by atoms with van der Waals surface area (Å²) in [5, 5.41) is 89.5. The first-order chi connectivity index (χ1) is 48.8. The molecule has 0 aliphatic rings. The van der Waals surface area contributed by atoms with Gasteiger partial charge in [0.1, 0.15) is 84.6 Å². The number of carbonyl (C=O) groups is 19. The lowest BCUT2D eigenvalue weighted by atomic mass is 9.97. The Balaban J connectivity index is 6.62. The molecule has 0 bridgehead atoms. The van der Waals surface area contributed by atoms with Gasteiger partial charge in [0.05, 0.1) is 31.6 Å². The van der Waals surface area contributed by atoms with Gasteiger partial charge in [-0.25, -0.2) is 4.79 Å². The minimum atomic E-state index is -1.94. The molecule has 0 unspecified atom stereocenters. The molecule has 0 saturated heterocycles. The molecule has 0 heterocycles. The molecule has 0 radical (unpaired) electrons. The van der Waals surface area contributed by atoms with Crippen LogP contribution in [0.4, 0.5) is 0 Å². The van der Waals surface area contributed by atoms with E-state index < -0.39 is 289 Å². The van der Waals surface area contributed by atoms with E-state index in [1.807, 2.05) is 5.32 Å². The number of carbonyl (C=O) groups excluding carboxylic acids is 15. The third-order valence-corrected chi connectivity index (χ3v) is 16.8. The number of carboxylic acids is 4. The van der Waals surface area contributed by atoms with E-state index in [0.29, 0.717) is 0 Å². The Labute approximate surface area is 625 Å². The fourth-order valence-corrected chi connectivity index (χ4v) is 10.1. The number of aliphatic hydroxyl groups excluding tert-OH is 2. The molecular formula is C60H100N16O25S4. The normalized spacial score (nSPS) is 16.0. The van der Waals surface area contributed by atoms with Gasteiger partial charge in [-0.3, -0.25) is 86.3 Å². The minimum Gasteiger partial charge on any atom is -0.481 e. The van der Waals surface area contributed by atoms with Gasteiger partial charge in [-0.2, -0.15) is 50.5 Å². The number of aliphatic hydroxyl groups is 2. The van der Waals surface area contributed by atoms with Crippen molar-refractivity contribution in [2.45, 2.75) is 210 Å². The second kappa shape index (κ2) is 48.3. The van der Waals surface area contributed by atoms with Crippen molar-refractivity contribution in [3.8, 4) is 0 Å². The molecule has 0 aliphatic carbocycles. The Bertz CT molecular complexity index is 3100. The zero-order chi connectivity index (χ0) is 81.0. The Hall–Kier alpha value is -8.79. The fraction of sp³-hybridized carbons (Fsp3) is 0.683. The molecule has 41 nitrogen and oxygen atoms in total. The summed E-state index contributed by atoms with van der Waals surface area (Å²) in [6, 6.07) is -23.3. The Morgan fingerprint density at radius 2 is 0.733 bits per heavy atom. The molecule has 0 aliphatic heterocycles. The van der Waals surface area contributed by atoms with Crippen molar-refractivity contribution in [2.75, 3.05) is 29.6 Å². The standard InChI is InChI=1S/C60H100N16O25S4/c1-10-25(6)45(59(99)70-32(16-38(61)79)52(92)74-44(24(4)5)58(98)64-26(7)47(87)71-35(20-103)55(95)76-46(28(9)78)57(97)63-18-39(80)65-37(22-105)60(100)101)75-54(94)36(21-104)73-50(90)31(15-23(2)3)68-48(88)29(11-13-40(81)82)67-53(93)34(19-102)72-49(89)30(12-14-41(83)84)66-51(91)33(17-42(85)86)69-56(96)43(62)27(8)77/h23-37,43-46,77-78,102-105H,10-22,62H2,1-9H3,(H2,61,79)(H,63,97)(H,64,98)(H,65,80)(H,66,91)(H,67,93)(H,68,88)(H,69,96)(H,70,99)(H,71,87)(H,72,89)(H,73,90)(H,74,92)(H,75,94)(H,76,95)(H,81,82)(H,83,84)(H,85,86)(H,100,101)/t25-,26-,27+,28+,29-,30-,31-,32-,33-,34-,35-,36-,37-,43-,44-,45-,46-/m0/s1. The number of carboxylic acid groups (broad SMARTS) is 4. The van der Waals surface area contributed by atoms with Gasteiger partial charge in [-0.1, -0.05) is 48.0 Å². The van der Waals surface area contributed by atoms with Gasteiger partial charge in [-0.15, -0.1) is 0 Å². The lowest BCUT2D eigenvalue weighted by molar-refractivity contribution is -0.142. The molecule has 15 amide bonds. The highest BCUT2D eigenvalue weighted by atomic mass is 32.1. The fourth-order valence-electron chi connectivity index (χ4n) is 9.04. The number of nitrogens with two attached hydrogens (primary N) is 2. The number of hydrogen-bond acceptors (Lipinski definition) is 26. The van der Waals surface area contributed by atoms with E-state index in [1.165, 1.54) is 27.7 Å². The molecule has 0 aromatic carbocycles. The van der Waals surface area contributed by atoms with Crippen molar-refractivity contribution >= 4 is 163 Å². The molecule has 0 saturated carbocycles. The first-order valence-electron chi connectivity index (χ1n) is 32.7. The second-order valence-corrected chi connectivity index (χ2v) is 26.4. The first-order valence-corrected chi connectivity index (χ1v) is 35.3. The molecule has 24 N–H and O–H groups in total. The minimum absolute atomic E-state index is 0.164. The average Bonchev–Trinajstić information content (AvgIpc) is 0.863. The molecule has 0 rings (SSSR count). The SMILES string of the molecule is CC[C@H](C)[C@H](NC(=O)[C@H](CS)NC(=O)[C@H](CC(C)C)NC(=O)[C@H](CCC(=O)O)NC(=O)[C@H](CS)NC(=O)[C@H](CCC(=O)O)NC(=O)[C@H](CC(=O)O)NC(=O)[C@@H](N)[C@@H](C)O)C(=O)N[C@@H](CC(N)=O)C(=O)N[C@H](C(=O)N[C@@H](C)C(=O)N[C@@H](CS)C(=O)N[C@H](C(=O)NCC(=O)N[C@@H](CS)C(=O)O)[C@@H](C)O)C(C)C. The average molecular weight is 1570 g/mol. The highest BCUT2D eigenvalue weighted by molar-refractivity contribution is 7.80. The molecule has 0 fully saturated rings. The van der Waals surface area contributed by atoms with Crippen LogP contribution in [0.3, 0.4) is 0 Å². The third kappa shape index (κ3) is 35.7. The number of primary amides is 1. The first kappa shape index (κ1) is 96.2. The van der Waals surface area contributed by atoms with Crippen molar-refractivity contribution in [2.24, 2.45) is 29.2 Å². The van der Waals surface area contributed by atoms with Crippen LogP contribution in [0.15, 0.2) is 0 Å². The monoisotopic (exact) mass is 1570 g/mol. The van der Waals surface area contributed by atoms with E-state index >= 15 is 0 Å². The summed E-state index contributed by atoms with van der Waals surface area (Å²) in [4.78, 5) is 248. The molecule has 105 heavy (non-hydrogen) atoms. The number of nitrogens with one attached hydrogen (secondary N) is 14. The molecule has 17 atom stereocenters. The van der Waals surface area contributed by atoms with Crippen LogP contribution in [0.2, 0.25) is 0 Å². The Morgan fingerprint density at radius 3 is 1.13 bits per heavy atom. The van der Waals surface area contributed by atoms with Crippen LogP contribution in [0, 0.1) is 17.8 Å². The molecule has 594 valence electrons. The van der Waals surface area contributed by atoms with E-state index in [9.17, 15) is 117 Å². The lowest BCUT2D eigenvalue weighted by Gasteiger charge is -2.30. The molecule has 45 heteroatoms. The van der Waals surface area contributed by atoms with Crippen molar-refractivity contribution in [3.05, 3.63) is 0 Å². The van der Waals surface area contributed by atoms with Crippen LogP contribution in [-0.2, 0) is 91.1 Å². The third-order valence-electron chi connectivity index (χ3n) is 15.3. The van der Waals surface area contributed by atoms with Crippen LogP contribution >= 0.6 is 50.5 Å².